The maximum absolute atomic E-state index is 12.5. The van der Waals surface area contributed by atoms with Gasteiger partial charge < -0.3 is 9.84 Å². The SMILES string of the molecule is COCC1CCN(S(=O)(=O)c2ccsc2C(=O)O)CC1. The number of ether oxygens (including phenoxy) is 1. The van der Waals surface area contributed by atoms with E-state index in [1.54, 1.807) is 7.11 Å². The van der Waals surface area contributed by atoms with Gasteiger partial charge in [0.2, 0.25) is 10.0 Å². The van der Waals surface area contributed by atoms with Crippen LogP contribution in [0.1, 0.15) is 22.5 Å². The van der Waals surface area contributed by atoms with Crippen molar-refractivity contribution in [3.8, 4) is 0 Å². The van der Waals surface area contributed by atoms with Crippen molar-refractivity contribution in [3.63, 3.8) is 0 Å². The topological polar surface area (TPSA) is 83.9 Å². The van der Waals surface area contributed by atoms with E-state index >= 15 is 0 Å². The molecule has 8 heteroatoms. The number of rotatable bonds is 5. The molecule has 6 nitrogen and oxygen atoms in total. The number of thiophene rings is 1. The van der Waals surface area contributed by atoms with Crippen molar-refractivity contribution in [2.75, 3.05) is 26.8 Å². The number of methoxy groups -OCH3 is 1. The van der Waals surface area contributed by atoms with Gasteiger partial charge in [0.25, 0.3) is 0 Å². The maximum atomic E-state index is 12.5. The van der Waals surface area contributed by atoms with Crippen LogP contribution in [0.3, 0.4) is 0 Å². The normalized spacial score (nSPS) is 18.2. The number of aromatic carboxylic acids is 1. The maximum Gasteiger partial charge on any atom is 0.347 e. The van der Waals surface area contributed by atoms with Crippen molar-refractivity contribution in [2.24, 2.45) is 5.92 Å². The van der Waals surface area contributed by atoms with Crippen LogP contribution in [0.5, 0.6) is 0 Å². The highest BCUT2D eigenvalue weighted by atomic mass is 32.2. The quantitative estimate of drug-likeness (QED) is 0.889. The molecule has 0 atom stereocenters. The Labute approximate surface area is 122 Å². The minimum absolute atomic E-state index is 0.0970. The number of piperidine rings is 1. The van der Waals surface area contributed by atoms with Crippen molar-refractivity contribution >= 4 is 27.3 Å². The fourth-order valence-electron chi connectivity index (χ4n) is 2.35. The van der Waals surface area contributed by atoms with Gasteiger partial charge in [-0.15, -0.1) is 11.3 Å². The average molecular weight is 319 g/mol. The third-order valence-electron chi connectivity index (χ3n) is 3.42. The van der Waals surface area contributed by atoms with Crippen LogP contribution in [-0.4, -0.2) is 50.6 Å². The number of carboxylic acid groups (broad SMARTS) is 1. The van der Waals surface area contributed by atoms with Crippen LogP contribution in [0, 0.1) is 5.92 Å². The molecule has 1 saturated heterocycles. The van der Waals surface area contributed by atoms with Crippen molar-refractivity contribution in [3.05, 3.63) is 16.3 Å². The summed E-state index contributed by atoms with van der Waals surface area (Å²) in [5.74, 6) is -0.833. The molecule has 1 aromatic rings. The first-order valence-electron chi connectivity index (χ1n) is 6.26. The van der Waals surface area contributed by atoms with Crippen molar-refractivity contribution in [1.29, 1.82) is 0 Å². The lowest BCUT2D eigenvalue weighted by Gasteiger charge is -2.30. The van der Waals surface area contributed by atoms with Crippen LogP contribution in [0.25, 0.3) is 0 Å². The molecule has 2 rings (SSSR count). The van der Waals surface area contributed by atoms with Crippen molar-refractivity contribution < 1.29 is 23.1 Å². The Bertz CT molecular complexity index is 572. The van der Waals surface area contributed by atoms with E-state index in [4.69, 9.17) is 9.84 Å². The van der Waals surface area contributed by atoms with E-state index < -0.39 is 16.0 Å². The Morgan fingerprint density at radius 2 is 2.15 bits per heavy atom. The van der Waals surface area contributed by atoms with Gasteiger partial charge in [0.1, 0.15) is 9.77 Å². The van der Waals surface area contributed by atoms with Crippen LogP contribution in [-0.2, 0) is 14.8 Å². The minimum atomic E-state index is -3.71. The summed E-state index contributed by atoms with van der Waals surface area (Å²) in [4.78, 5) is 10.8. The molecule has 1 N–H and O–H groups in total. The molecule has 0 saturated carbocycles. The minimum Gasteiger partial charge on any atom is -0.477 e. The van der Waals surface area contributed by atoms with Gasteiger partial charge in [0.05, 0.1) is 0 Å². The molecule has 0 aliphatic carbocycles. The van der Waals surface area contributed by atoms with Crippen LogP contribution in [0.2, 0.25) is 0 Å². The largest absolute Gasteiger partial charge is 0.477 e. The van der Waals surface area contributed by atoms with E-state index in [9.17, 15) is 13.2 Å². The van der Waals surface area contributed by atoms with Crippen LogP contribution < -0.4 is 0 Å². The first-order chi connectivity index (χ1) is 9.46. The van der Waals surface area contributed by atoms with E-state index in [1.807, 2.05) is 0 Å². The summed E-state index contributed by atoms with van der Waals surface area (Å²) in [5.41, 5.74) is 0. The van der Waals surface area contributed by atoms with E-state index in [0.29, 0.717) is 25.6 Å². The number of carbonyl (C=O) groups is 1. The lowest BCUT2D eigenvalue weighted by Crippen LogP contribution is -2.39. The zero-order valence-electron chi connectivity index (χ0n) is 11.1. The molecule has 0 unspecified atom stereocenters. The Kier molecular flexibility index (Phi) is 4.79. The smallest absolute Gasteiger partial charge is 0.347 e. The fraction of sp³-hybridized carbons (Fsp3) is 0.583. The molecule has 1 fully saturated rings. The van der Waals surface area contributed by atoms with Crippen molar-refractivity contribution in [1.82, 2.24) is 4.31 Å². The Morgan fingerprint density at radius 1 is 1.50 bits per heavy atom. The number of hydrogen-bond acceptors (Lipinski definition) is 5. The van der Waals surface area contributed by atoms with Gasteiger partial charge in [0.15, 0.2) is 0 Å². The molecule has 2 heterocycles. The Balaban J connectivity index is 2.16. The Morgan fingerprint density at radius 3 is 2.70 bits per heavy atom. The summed E-state index contributed by atoms with van der Waals surface area (Å²) in [6.07, 6.45) is 1.47. The number of hydrogen-bond donors (Lipinski definition) is 1. The van der Waals surface area contributed by atoms with E-state index in [-0.39, 0.29) is 9.77 Å². The highest BCUT2D eigenvalue weighted by molar-refractivity contribution is 7.89. The molecule has 0 radical (unpaired) electrons. The second kappa shape index (κ2) is 6.21. The van der Waals surface area contributed by atoms with Crippen LogP contribution in [0.4, 0.5) is 0 Å². The molecule has 0 aromatic carbocycles. The van der Waals surface area contributed by atoms with Crippen LogP contribution >= 0.6 is 11.3 Å². The van der Waals surface area contributed by atoms with E-state index in [1.165, 1.54) is 15.8 Å². The monoisotopic (exact) mass is 319 g/mol. The van der Waals surface area contributed by atoms with Gasteiger partial charge in [-0.25, -0.2) is 13.2 Å². The first-order valence-corrected chi connectivity index (χ1v) is 8.58. The molecule has 1 aromatic heterocycles. The van der Waals surface area contributed by atoms with Crippen molar-refractivity contribution in [2.45, 2.75) is 17.7 Å². The molecular formula is C12H17NO5S2. The highest BCUT2D eigenvalue weighted by Gasteiger charge is 2.32. The number of carboxylic acids is 1. The molecule has 0 bridgehead atoms. The first kappa shape index (κ1) is 15.4. The zero-order chi connectivity index (χ0) is 14.8. The van der Waals surface area contributed by atoms with E-state index in [2.05, 4.69) is 0 Å². The average Bonchev–Trinajstić information content (AvgIpc) is 2.90. The fourth-order valence-corrected chi connectivity index (χ4v) is 5.05. The Hall–Kier alpha value is -0.960. The lowest BCUT2D eigenvalue weighted by atomic mass is 9.99. The molecule has 0 amide bonds. The zero-order valence-corrected chi connectivity index (χ0v) is 12.7. The second-order valence-electron chi connectivity index (χ2n) is 4.72. The molecule has 1 aliphatic heterocycles. The highest BCUT2D eigenvalue weighted by Crippen LogP contribution is 2.28. The summed E-state index contributed by atoms with van der Waals surface area (Å²) in [6.45, 7) is 1.45. The molecule has 112 valence electrons. The summed E-state index contributed by atoms with van der Waals surface area (Å²) >= 11 is 0.932. The second-order valence-corrected chi connectivity index (χ2v) is 7.54. The predicted octanol–water partition coefficient (Wildman–Crippen LogP) is 1.49. The van der Waals surface area contributed by atoms with Gasteiger partial charge in [-0.05, 0) is 30.2 Å². The lowest BCUT2D eigenvalue weighted by molar-refractivity contribution is 0.0698. The van der Waals surface area contributed by atoms with Gasteiger partial charge in [-0.2, -0.15) is 4.31 Å². The van der Waals surface area contributed by atoms with Gasteiger partial charge in [-0.1, -0.05) is 0 Å². The molecule has 20 heavy (non-hydrogen) atoms. The van der Waals surface area contributed by atoms with E-state index in [0.717, 1.165) is 24.2 Å². The number of sulfonamides is 1. The summed E-state index contributed by atoms with van der Waals surface area (Å²) in [6, 6.07) is 1.37. The molecule has 1 aliphatic rings. The van der Waals surface area contributed by atoms with Gasteiger partial charge in [0, 0.05) is 26.8 Å². The third kappa shape index (κ3) is 3.03. The molecule has 0 spiro atoms. The predicted molar refractivity (Wildman–Crippen MR) is 74.6 cm³/mol. The molecular weight excluding hydrogens is 302 g/mol. The summed E-state index contributed by atoms with van der Waals surface area (Å²) < 4.78 is 31.4. The summed E-state index contributed by atoms with van der Waals surface area (Å²) in [7, 11) is -2.08. The standard InChI is InChI=1S/C12H17NO5S2/c1-18-8-9-2-5-13(6-3-9)20(16,17)10-4-7-19-11(10)12(14)15/h4,7,9H,2-3,5-6,8H2,1H3,(H,14,15). The number of nitrogens with zero attached hydrogens (tertiary/aromatic N) is 1. The van der Waals surface area contributed by atoms with Crippen LogP contribution in [0.15, 0.2) is 16.3 Å². The van der Waals surface area contributed by atoms with Gasteiger partial charge in [-0.3, -0.25) is 0 Å². The third-order valence-corrected chi connectivity index (χ3v) is 6.39. The van der Waals surface area contributed by atoms with Gasteiger partial charge >= 0.3 is 5.97 Å². The summed E-state index contributed by atoms with van der Waals surface area (Å²) in [5, 5.41) is 10.5.